The molecule has 0 aromatic heterocycles. The molecule has 162 valence electrons. The third-order valence-electron chi connectivity index (χ3n) is 5.58. The highest BCUT2D eigenvalue weighted by atomic mass is 35.8. The average molecular weight is 478 g/mol. The highest BCUT2D eigenvalue weighted by Crippen LogP contribution is 2.34. The van der Waals surface area contributed by atoms with Gasteiger partial charge in [0.2, 0.25) is 0 Å². The number of ether oxygens (including phenoxy) is 2. The fraction of sp³-hybridized carbons (Fsp3) is 0.591. The van der Waals surface area contributed by atoms with Crippen molar-refractivity contribution in [2.75, 3.05) is 13.7 Å². The number of methoxy groups -OCH3 is 1. The highest BCUT2D eigenvalue weighted by Gasteiger charge is 2.25. The molecule has 0 radical (unpaired) electrons. The summed E-state index contributed by atoms with van der Waals surface area (Å²) >= 11 is 17.8. The standard InChI is InChI=1S/C22H31Cl3O3Si/c1-27-22(26)14-11-19-9-12-21(13-10-19)28-16-15-20-7-5-18(6-8-20)4-2-3-17-29(23,24)25/h9-14,18,20H,2-8,15-17H2,1H3/b14-11+. The lowest BCUT2D eigenvalue weighted by atomic mass is 9.79. The summed E-state index contributed by atoms with van der Waals surface area (Å²) < 4.78 is 10.5. The first-order valence-electron chi connectivity index (χ1n) is 10.4. The SMILES string of the molecule is COC(=O)/C=C/c1ccc(OCCC2CCC(CCCC[Si](Cl)(Cl)Cl)CC2)cc1. The van der Waals surface area contributed by atoms with E-state index in [-0.39, 0.29) is 5.97 Å². The van der Waals surface area contributed by atoms with Gasteiger partial charge in [0.15, 0.2) is 0 Å². The predicted octanol–water partition coefficient (Wildman–Crippen LogP) is 7.27. The van der Waals surface area contributed by atoms with Crippen molar-refractivity contribution < 1.29 is 14.3 Å². The molecule has 1 fully saturated rings. The van der Waals surface area contributed by atoms with Crippen LogP contribution in [-0.4, -0.2) is 25.7 Å². The third kappa shape index (κ3) is 10.8. The molecule has 1 aromatic carbocycles. The first-order chi connectivity index (χ1) is 13.9. The Morgan fingerprint density at radius 3 is 2.24 bits per heavy atom. The molecular weight excluding hydrogens is 447 g/mol. The monoisotopic (exact) mass is 476 g/mol. The Morgan fingerprint density at radius 1 is 1.03 bits per heavy atom. The van der Waals surface area contributed by atoms with E-state index in [1.54, 1.807) is 6.08 Å². The molecule has 1 aromatic rings. The first kappa shape index (κ1) is 24.6. The van der Waals surface area contributed by atoms with Crippen LogP contribution in [0.5, 0.6) is 5.75 Å². The Morgan fingerprint density at radius 2 is 1.66 bits per heavy atom. The van der Waals surface area contributed by atoms with E-state index in [1.165, 1.54) is 51.7 Å². The molecule has 0 aliphatic heterocycles. The van der Waals surface area contributed by atoms with Crippen LogP contribution in [0.15, 0.2) is 30.3 Å². The smallest absolute Gasteiger partial charge is 0.341 e. The number of unbranched alkanes of at least 4 members (excludes halogenated alkanes) is 1. The summed E-state index contributed by atoms with van der Waals surface area (Å²) in [5.41, 5.74) is 0.942. The minimum atomic E-state index is -2.43. The van der Waals surface area contributed by atoms with Crippen LogP contribution in [0.1, 0.15) is 56.9 Å². The second kappa shape index (κ2) is 12.9. The van der Waals surface area contributed by atoms with Gasteiger partial charge in [0, 0.05) is 6.08 Å². The first-order valence-corrected chi connectivity index (χ1v) is 15.7. The summed E-state index contributed by atoms with van der Waals surface area (Å²) in [7, 11) is 1.37. The van der Waals surface area contributed by atoms with E-state index in [2.05, 4.69) is 4.74 Å². The summed E-state index contributed by atoms with van der Waals surface area (Å²) in [6.07, 6.45) is 13.0. The Bertz CT molecular complexity index is 636. The lowest BCUT2D eigenvalue weighted by molar-refractivity contribution is -0.134. The second-order valence-corrected chi connectivity index (χ2v) is 17.1. The fourth-order valence-corrected chi connectivity index (χ4v) is 5.67. The van der Waals surface area contributed by atoms with E-state index in [0.29, 0.717) is 0 Å². The van der Waals surface area contributed by atoms with E-state index in [1.807, 2.05) is 24.3 Å². The molecule has 0 saturated heterocycles. The molecule has 0 heterocycles. The molecule has 1 aliphatic carbocycles. The van der Waals surface area contributed by atoms with Crippen molar-refractivity contribution in [2.45, 2.75) is 57.4 Å². The minimum Gasteiger partial charge on any atom is -0.494 e. The number of benzene rings is 1. The molecule has 0 unspecified atom stereocenters. The molecule has 0 amide bonds. The number of hydrogen-bond donors (Lipinski definition) is 0. The Kier molecular flexibility index (Phi) is 10.9. The molecule has 0 spiro atoms. The van der Waals surface area contributed by atoms with Gasteiger partial charge in [-0.05, 0) is 48.1 Å². The number of rotatable bonds is 11. The number of carbonyl (C=O) groups is 1. The molecule has 2 rings (SSSR count). The van der Waals surface area contributed by atoms with Crippen LogP contribution in [0.3, 0.4) is 0 Å². The van der Waals surface area contributed by atoms with Crippen molar-refractivity contribution in [2.24, 2.45) is 11.8 Å². The maximum atomic E-state index is 11.1. The molecule has 3 nitrogen and oxygen atoms in total. The van der Waals surface area contributed by atoms with Crippen LogP contribution < -0.4 is 4.74 Å². The van der Waals surface area contributed by atoms with E-state index in [9.17, 15) is 4.79 Å². The zero-order chi connectivity index (χ0) is 21.1. The molecule has 0 atom stereocenters. The minimum absolute atomic E-state index is 0.357. The largest absolute Gasteiger partial charge is 0.494 e. The maximum Gasteiger partial charge on any atom is 0.341 e. The van der Waals surface area contributed by atoms with Gasteiger partial charge in [-0.15, -0.1) is 33.2 Å². The van der Waals surface area contributed by atoms with E-state index < -0.39 is 6.00 Å². The quantitative estimate of drug-likeness (QED) is 0.110. The fourth-order valence-electron chi connectivity index (χ4n) is 3.82. The van der Waals surface area contributed by atoms with Gasteiger partial charge in [0.05, 0.1) is 13.7 Å². The van der Waals surface area contributed by atoms with Gasteiger partial charge in [0.1, 0.15) is 5.75 Å². The second-order valence-electron chi connectivity index (χ2n) is 7.81. The van der Waals surface area contributed by atoms with Crippen molar-refractivity contribution in [3.8, 4) is 5.75 Å². The predicted molar refractivity (Wildman–Crippen MR) is 125 cm³/mol. The number of esters is 1. The Labute approximate surface area is 189 Å². The van der Waals surface area contributed by atoms with Gasteiger partial charge in [-0.3, -0.25) is 0 Å². The van der Waals surface area contributed by atoms with Crippen LogP contribution in [0, 0.1) is 11.8 Å². The van der Waals surface area contributed by atoms with Gasteiger partial charge in [0.25, 0.3) is 0 Å². The number of halogens is 3. The van der Waals surface area contributed by atoms with E-state index >= 15 is 0 Å². The molecular formula is C22H31Cl3O3Si. The maximum absolute atomic E-state index is 11.1. The van der Waals surface area contributed by atoms with E-state index in [4.69, 9.17) is 38.0 Å². The third-order valence-corrected chi connectivity index (χ3v) is 8.20. The van der Waals surface area contributed by atoms with Gasteiger partial charge in [-0.25, -0.2) is 4.79 Å². The van der Waals surface area contributed by atoms with Crippen LogP contribution in [0.25, 0.3) is 6.08 Å². The van der Waals surface area contributed by atoms with Gasteiger partial charge in [-0.2, -0.15) is 0 Å². The molecule has 7 heteroatoms. The van der Waals surface area contributed by atoms with Crippen molar-refractivity contribution in [3.63, 3.8) is 0 Å². The molecule has 29 heavy (non-hydrogen) atoms. The van der Waals surface area contributed by atoms with Crippen LogP contribution in [0.2, 0.25) is 6.04 Å². The Balaban J connectivity index is 1.58. The van der Waals surface area contributed by atoms with Crippen LogP contribution in [0.4, 0.5) is 0 Å². The molecule has 0 N–H and O–H groups in total. The summed E-state index contributed by atoms with van der Waals surface area (Å²) in [5.74, 6) is 2.12. The van der Waals surface area contributed by atoms with Crippen molar-refractivity contribution in [1.82, 2.24) is 0 Å². The van der Waals surface area contributed by atoms with Crippen LogP contribution >= 0.6 is 33.2 Å². The number of carbonyl (C=O) groups excluding carboxylic acids is 1. The molecule has 0 bridgehead atoms. The summed E-state index contributed by atoms with van der Waals surface area (Å²) in [6, 6.07) is 6.10. The zero-order valence-corrected chi connectivity index (χ0v) is 20.3. The highest BCUT2D eigenvalue weighted by molar-refractivity contribution is 7.64. The van der Waals surface area contributed by atoms with Crippen molar-refractivity contribution >= 4 is 51.3 Å². The van der Waals surface area contributed by atoms with Gasteiger partial charge >= 0.3 is 12.0 Å². The summed E-state index contributed by atoms with van der Waals surface area (Å²) in [5, 5.41) is 0. The van der Waals surface area contributed by atoms with E-state index in [0.717, 1.165) is 48.6 Å². The summed E-state index contributed by atoms with van der Waals surface area (Å²) in [6.45, 7) is 0.751. The molecule has 1 aliphatic rings. The zero-order valence-electron chi connectivity index (χ0n) is 17.0. The normalized spacial score (nSPS) is 20.0. The Hall–Kier alpha value is -0.683. The van der Waals surface area contributed by atoms with Crippen LogP contribution in [-0.2, 0) is 9.53 Å². The number of hydrogen-bond acceptors (Lipinski definition) is 3. The lowest BCUT2D eigenvalue weighted by Crippen LogP contribution is -2.17. The average Bonchev–Trinajstić information content (AvgIpc) is 2.70. The summed E-state index contributed by atoms with van der Waals surface area (Å²) in [4.78, 5) is 11.1. The van der Waals surface area contributed by atoms with Gasteiger partial charge in [-0.1, -0.05) is 57.1 Å². The lowest BCUT2D eigenvalue weighted by Gasteiger charge is -2.28. The van der Waals surface area contributed by atoms with Crippen molar-refractivity contribution in [3.05, 3.63) is 35.9 Å². The molecule has 1 saturated carbocycles. The van der Waals surface area contributed by atoms with Gasteiger partial charge < -0.3 is 9.47 Å². The topological polar surface area (TPSA) is 35.5 Å². The van der Waals surface area contributed by atoms with Crippen molar-refractivity contribution in [1.29, 1.82) is 0 Å².